The number of fused-ring (bicyclic) bond motifs is 1. The third-order valence-electron chi connectivity index (χ3n) is 7.37. The summed E-state index contributed by atoms with van der Waals surface area (Å²) in [6.07, 6.45) is 19.3. The molecule has 0 aliphatic rings. The van der Waals surface area contributed by atoms with Crippen molar-refractivity contribution < 1.29 is 53.6 Å². The Bertz CT molecular complexity index is 1550. The van der Waals surface area contributed by atoms with Gasteiger partial charge in [0.25, 0.3) is 0 Å². The van der Waals surface area contributed by atoms with E-state index in [0.29, 0.717) is 5.56 Å². The Morgan fingerprint density at radius 3 is 1.33 bits per heavy atom. The van der Waals surface area contributed by atoms with Gasteiger partial charge in [-0.3, -0.25) is 10.9 Å². The van der Waals surface area contributed by atoms with Crippen LogP contribution in [-0.2, 0) is 43.4 Å². The molecule has 0 aliphatic heterocycles. The second-order valence-corrected chi connectivity index (χ2v) is 18.1. The summed E-state index contributed by atoms with van der Waals surface area (Å²) in [5.74, 6) is 2.31. The summed E-state index contributed by atoms with van der Waals surface area (Å²) in [5, 5.41) is 29.5. The van der Waals surface area contributed by atoms with Gasteiger partial charge in [-0.15, -0.1) is 11.6 Å². The zero-order chi connectivity index (χ0) is 39.1. The summed E-state index contributed by atoms with van der Waals surface area (Å²) in [6, 6.07) is 30.2. The first kappa shape index (κ1) is 55.0. The molecule has 0 radical (unpaired) electrons. The molecule has 2 aromatic heterocycles. The fourth-order valence-electron chi connectivity index (χ4n) is 4.50. The molecule has 0 fully saturated rings. The smallest absolute Gasteiger partial charge is 0.366 e. The van der Waals surface area contributed by atoms with Crippen molar-refractivity contribution in [3.8, 4) is 5.92 Å². The Kier molecular flexibility index (Phi) is 36.1. The maximum Gasteiger partial charge on any atom is 2.00 e. The van der Waals surface area contributed by atoms with Gasteiger partial charge in [-0.2, -0.15) is 8.75 Å². The molecule has 5 aromatic rings. The topological polar surface area (TPSA) is 174 Å². The molecule has 298 valence electrons. The van der Waals surface area contributed by atoms with Crippen molar-refractivity contribution in [3.63, 3.8) is 0 Å². The number of pyridine rings is 1. The predicted molar refractivity (Wildman–Crippen MR) is 223 cm³/mol. The van der Waals surface area contributed by atoms with Crippen LogP contribution < -0.4 is 4.90 Å². The Morgan fingerprint density at radius 1 is 0.630 bits per heavy atom. The number of benzene rings is 3. The summed E-state index contributed by atoms with van der Waals surface area (Å²) in [5.41, 5.74) is 5.70. The SMILES string of the molecule is CC[PH+](CC)CC.CC[PH+](CC)CC.O=[N+]([O-])[O-].O=[N+]([O-])[O-].[Ag+].[C-]#Cc1cccc2nsnc12.[Pt+2].c1ccc(N(c2ccccc2)c2ccncc2)cc1. The van der Waals surface area contributed by atoms with Gasteiger partial charge in [0.05, 0.1) is 64.4 Å². The monoisotopic (exact) mass is 1070 g/mol. The molecule has 54 heavy (non-hydrogen) atoms. The van der Waals surface area contributed by atoms with Crippen LogP contribution in [0, 0.1) is 43.0 Å². The van der Waals surface area contributed by atoms with E-state index in [2.05, 4.69) is 90.4 Å². The zero-order valence-electron chi connectivity index (χ0n) is 31.2. The predicted octanol–water partition coefficient (Wildman–Crippen LogP) is 10.2. The van der Waals surface area contributed by atoms with E-state index in [1.807, 2.05) is 73.1 Å². The summed E-state index contributed by atoms with van der Waals surface area (Å²) >= 11 is 1.16. The van der Waals surface area contributed by atoms with Crippen molar-refractivity contribution in [2.45, 2.75) is 41.5 Å². The molecule has 0 amide bonds. The van der Waals surface area contributed by atoms with E-state index in [-0.39, 0.29) is 59.3 Å². The first-order chi connectivity index (χ1) is 25.0. The normalized spacial score (nSPS) is 9.09. The fraction of sp³-hybridized carbons (Fsp3) is 0.324. The van der Waals surface area contributed by atoms with E-state index in [1.54, 1.807) is 6.07 Å². The van der Waals surface area contributed by atoms with Crippen LogP contribution in [0.5, 0.6) is 0 Å². The number of hydrogen-bond donors (Lipinski definition) is 0. The Labute approximate surface area is 356 Å². The minimum Gasteiger partial charge on any atom is -0.366 e. The van der Waals surface area contributed by atoms with Gasteiger partial charge in [0, 0.05) is 35.0 Å². The van der Waals surface area contributed by atoms with Crippen molar-refractivity contribution in [3.05, 3.63) is 146 Å². The second-order valence-electron chi connectivity index (χ2n) is 10.3. The molecular weight excluding hydrogens is 1020 g/mol. The van der Waals surface area contributed by atoms with Crippen LogP contribution in [0.1, 0.15) is 47.1 Å². The van der Waals surface area contributed by atoms with Gasteiger partial charge in [-0.05, 0) is 99.9 Å². The van der Waals surface area contributed by atoms with Gasteiger partial charge in [0.1, 0.15) is 0 Å². The maximum atomic E-state index is 8.25. The third-order valence-corrected chi connectivity index (χ3v) is 13.9. The molecule has 5 rings (SSSR count). The molecule has 12 nitrogen and oxygen atoms in total. The molecule has 2 heterocycles. The van der Waals surface area contributed by atoms with Gasteiger partial charge >= 0.3 is 43.4 Å². The Balaban J connectivity index is -0.000000640. The first-order valence-electron chi connectivity index (χ1n) is 16.8. The summed E-state index contributed by atoms with van der Waals surface area (Å²) in [7, 11) is 0.275. The number of nitrogens with zero attached hydrogens (tertiary/aromatic N) is 6. The Hall–Kier alpha value is -3.32. The standard InChI is InChI=1S/C17H14N2.C8H3N2S.2C6H15P.Ag.2NO3.Pt/c1-3-7-15(8-4-1)19(16-9-5-2-6-10-16)17-11-13-18-14-12-17;1-2-6-4-3-5-7-8(6)10-11-9-7;2*1-4-7(5-2)6-3;;2*2-1(3)4;/h1-14H;3-5H;2*4-6H2,1-3H3;;;;/q;-1;;;+1;2*-1;+2/p+2. The molecule has 0 bridgehead atoms. The van der Waals surface area contributed by atoms with Crippen LogP contribution >= 0.6 is 27.6 Å². The molecule has 0 N–H and O–H groups in total. The van der Waals surface area contributed by atoms with Crippen molar-refractivity contribution in [1.82, 2.24) is 13.7 Å². The molecule has 0 atom stereocenters. The molecule has 0 saturated carbocycles. The van der Waals surface area contributed by atoms with Gasteiger partial charge in [-0.25, -0.2) is 0 Å². The van der Waals surface area contributed by atoms with Crippen LogP contribution in [0.3, 0.4) is 0 Å². The molecule has 0 aliphatic carbocycles. The molecular formula is C37H49AgN6O6P2PtS+2. The van der Waals surface area contributed by atoms with Crippen LogP contribution in [-0.4, -0.2) is 60.9 Å². The van der Waals surface area contributed by atoms with Crippen molar-refractivity contribution >= 4 is 55.7 Å². The molecule has 17 heteroatoms. The van der Waals surface area contributed by atoms with Crippen LogP contribution in [0.15, 0.2) is 103 Å². The summed E-state index contributed by atoms with van der Waals surface area (Å²) < 4.78 is 8.07. The minimum absolute atomic E-state index is 0. The van der Waals surface area contributed by atoms with E-state index < -0.39 is 10.2 Å². The van der Waals surface area contributed by atoms with Gasteiger partial charge in [0.2, 0.25) is 0 Å². The largest absolute Gasteiger partial charge is 2.00 e. The number of anilines is 3. The quantitative estimate of drug-likeness (QED) is 0.0345. The second kappa shape index (κ2) is 35.4. The minimum atomic E-state index is -1.75. The van der Waals surface area contributed by atoms with E-state index in [1.165, 1.54) is 37.0 Å². The van der Waals surface area contributed by atoms with Crippen LogP contribution in [0.4, 0.5) is 17.1 Å². The number of para-hydroxylation sites is 2. The van der Waals surface area contributed by atoms with Gasteiger partial charge in [0.15, 0.2) is 0 Å². The van der Waals surface area contributed by atoms with Gasteiger partial charge < -0.3 is 42.0 Å². The summed E-state index contributed by atoms with van der Waals surface area (Å²) in [6.45, 7) is 13.8. The Morgan fingerprint density at radius 2 is 1.00 bits per heavy atom. The average molecular weight is 1070 g/mol. The molecule has 3 aromatic carbocycles. The molecule has 0 saturated heterocycles. The van der Waals surface area contributed by atoms with E-state index in [9.17, 15) is 0 Å². The van der Waals surface area contributed by atoms with Crippen LogP contribution in [0.2, 0.25) is 0 Å². The van der Waals surface area contributed by atoms with Crippen molar-refractivity contribution in [2.24, 2.45) is 0 Å². The summed E-state index contributed by atoms with van der Waals surface area (Å²) in [4.78, 5) is 22.8. The zero-order valence-corrected chi connectivity index (χ0v) is 37.8. The number of rotatable bonds is 9. The molecule has 0 unspecified atom stereocenters. The third kappa shape index (κ3) is 24.9. The first-order valence-corrected chi connectivity index (χ1v) is 21.7. The fourth-order valence-corrected chi connectivity index (χ4v) is 8.05. The van der Waals surface area contributed by atoms with Gasteiger partial charge in [-0.1, -0.05) is 42.5 Å². The van der Waals surface area contributed by atoms with Crippen molar-refractivity contribution in [1.29, 1.82) is 0 Å². The van der Waals surface area contributed by atoms with Crippen molar-refractivity contribution in [2.75, 3.05) is 41.9 Å². The number of hydrogen-bond acceptors (Lipinski definition) is 11. The number of aromatic nitrogens is 3. The average Bonchev–Trinajstić information content (AvgIpc) is 3.65. The van der Waals surface area contributed by atoms with E-state index in [0.717, 1.165) is 39.8 Å². The molecule has 0 spiro atoms. The van der Waals surface area contributed by atoms with E-state index >= 15 is 0 Å². The van der Waals surface area contributed by atoms with Crippen LogP contribution in [0.25, 0.3) is 11.0 Å². The maximum absolute atomic E-state index is 8.25. The van der Waals surface area contributed by atoms with E-state index in [4.69, 9.17) is 37.1 Å².